The van der Waals surface area contributed by atoms with E-state index < -0.39 is 14.0 Å². The minimum atomic E-state index is -1.12. The van der Waals surface area contributed by atoms with Gasteiger partial charge in [-0.2, -0.15) is 0 Å². The molecule has 0 aliphatic rings. The van der Waals surface area contributed by atoms with Gasteiger partial charge in [0.15, 0.2) is 0 Å². The molecule has 7 heteroatoms. The Bertz CT molecular complexity index is 771. The fraction of sp³-hybridized carbons (Fsp3) is 0.500. The number of methoxy groups -OCH3 is 1. The van der Waals surface area contributed by atoms with Crippen LogP contribution < -0.4 is 5.56 Å². The van der Waals surface area contributed by atoms with E-state index in [9.17, 15) is 9.59 Å². The van der Waals surface area contributed by atoms with Crippen LogP contribution in [0.4, 0.5) is 0 Å². The van der Waals surface area contributed by atoms with E-state index in [2.05, 4.69) is 19.6 Å². The van der Waals surface area contributed by atoms with Gasteiger partial charge in [-0.3, -0.25) is 4.79 Å². The standard InChI is InChI=1S/C16H24N2O4Si/c1-17-8-14(16(20)21-2)12-9-18(10-13(12)15(17)19)11-22-6-7-23(3,4)5/h8-10H,6-7,11H2,1-5H3. The molecule has 2 rings (SSSR count). The maximum absolute atomic E-state index is 12.2. The zero-order valence-electron chi connectivity index (χ0n) is 14.4. The fourth-order valence-electron chi connectivity index (χ4n) is 2.30. The van der Waals surface area contributed by atoms with Crippen molar-refractivity contribution in [2.45, 2.75) is 32.4 Å². The van der Waals surface area contributed by atoms with Crippen molar-refractivity contribution in [1.29, 1.82) is 0 Å². The second kappa shape index (κ2) is 6.72. The van der Waals surface area contributed by atoms with Crippen molar-refractivity contribution < 1.29 is 14.3 Å². The summed E-state index contributed by atoms with van der Waals surface area (Å²) in [6.07, 6.45) is 4.99. The lowest BCUT2D eigenvalue weighted by Gasteiger charge is -2.15. The molecule has 0 radical (unpaired) electrons. The normalized spacial score (nSPS) is 11.9. The minimum absolute atomic E-state index is 0.145. The summed E-state index contributed by atoms with van der Waals surface area (Å²) in [6, 6.07) is 1.09. The number of aromatic nitrogens is 2. The van der Waals surface area contributed by atoms with E-state index in [1.165, 1.54) is 17.9 Å². The summed E-state index contributed by atoms with van der Waals surface area (Å²) >= 11 is 0. The molecule has 0 N–H and O–H groups in total. The van der Waals surface area contributed by atoms with Crippen LogP contribution in [0.2, 0.25) is 25.7 Å². The molecule has 0 bridgehead atoms. The molecule has 0 saturated carbocycles. The second-order valence-corrected chi connectivity index (χ2v) is 12.5. The van der Waals surface area contributed by atoms with Gasteiger partial charge in [0.25, 0.3) is 5.56 Å². The summed E-state index contributed by atoms with van der Waals surface area (Å²) in [4.78, 5) is 24.1. The van der Waals surface area contributed by atoms with Crippen LogP contribution in [-0.2, 0) is 23.3 Å². The number of ether oxygens (including phenoxy) is 2. The first-order valence-corrected chi connectivity index (χ1v) is 11.3. The minimum Gasteiger partial charge on any atom is -0.465 e. The van der Waals surface area contributed by atoms with Crippen molar-refractivity contribution in [3.8, 4) is 0 Å². The molecule has 0 fully saturated rings. The molecule has 6 nitrogen and oxygen atoms in total. The lowest BCUT2D eigenvalue weighted by molar-refractivity contribution is 0.0602. The van der Waals surface area contributed by atoms with Crippen LogP contribution in [0.3, 0.4) is 0 Å². The Labute approximate surface area is 136 Å². The highest BCUT2D eigenvalue weighted by molar-refractivity contribution is 6.76. The number of nitrogens with zero attached hydrogens (tertiary/aromatic N) is 2. The van der Waals surface area contributed by atoms with Crippen molar-refractivity contribution >= 4 is 24.8 Å². The van der Waals surface area contributed by atoms with Crippen molar-refractivity contribution in [3.05, 3.63) is 34.5 Å². The predicted octanol–water partition coefficient (Wildman–Crippen LogP) is 2.44. The van der Waals surface area contributed by atoms with Gasteiger partial charge in [-0.25, -0.2) is 4.79 Å². The molecular formula is C16H24N2O4Si. The van der Waals surface area contributed by atoms with Gasteiger partial charge in [0, 0.05) is 45.7 Å². The highest BCUT2D eigenvalue weighted by atomic mass is 28.3. The third-order valence-electron chi connectivity index (χ3n) is 3.69. The Morgan fingerprint density at radius 1 is 1.17 bits per heavy atom. The lowest BCUT2D eigenvalue weighted by Crippen LogP contribution is -2.21. The topological polar surface area (TPSA) is 62.5 Å². The highest BCUT2D eigenvalue weighted by Crippen LogP contribution is 2.18. The molecule has 0 unspecified atom stereocenters. The first kappa shape index (κ1) is 17.5. The smallest absolute Gasteiger partial charge is 0.340 e. The van der Waals surface area contributed by atoms with Crippen LogP contribution in [-0.4, -0.2) is 36.9 Å². The SMILES string of the molecule is COC(=O)c1cn(C)c(=O)c2cn(COCC[Si](C)(C)C)cc12. The van der Waals surface area contributed by atoms with Crippen LogP contribution >= 0.6 is 0 Å². The van der Waals surface area contributed by atoms with Gasteiger partial charge >= 0.3 is 5.97 Å². The molecule has 2 aromatic heterocycles. The molecule has 2 heterocycles. The molecule has 0 amide bonds. The van der Waals surface area contributed by atoms with Gasteiger partial charge < -0.3 is 18.6 Å². The number of fused-ring (bicyclic) bond motifs is 1. The Morgan fingerprint density at radius 3 is 2.43 bits per heavy atom. The summed E-state index contributed by atoms with van der Waals surface area (Å²) in [6.45, 7) is 7.96. The highest BCUT2D eigenvalue weighted by Gasteiger charge is 2.16. The summed E-state index contributed by atoms with van der Waals surface area (Å²) in [5.41, 5.74) is 0.235. The van der Waals surface area contributed by atoms with Crippen LogP contribution in [0.15, 0.2) is 23.4 Å². The molecule has 0 atom stereocenters. The monoisotopic (exact) mass is 336 g/mol. The third-order valence-corrected chi connectivity index (χ3v) is 5.39. The Balaban J connectivity index is 2.25. The lowest BCUT2D eigenvalue weighted by atomic mass is 10.1. The quantitative estimate of drug-likeness (QED) is 0.462. The van der Waals surface area contributed by atoms with E-state index in [-0.39, 0.29) is 5.56 Å². The molecule has 0 aromatic carbocycles. The average Bonchev–Trinajstić information content (AvgIpc) is 2.90. The maximum Gasteiger partial charge on any atom is 0.340 e. The number of carbonyl (C=O) groups is 1. The predicted molar refractivity (Wildman–Crippen MR) is 92.6 cm³/mol. The first-order valence-electron chi connectivity index (χ1n) is 7.58. The van der Waals surface area contributed by atoms with Crippen molar-refractivity contribution in [2.75, 3.05) is 13.7 Å². The Kier molecular flexibility index (Phi) is 5.11. The third kappa shape index (κ3) is 4.11. The van der Waals surface area contributed by atoms with Gasteiger partial charge in [0.2, 0.25) is 0 Å². The molecule has 0 spiro atoms. The number of hydrogen-bond donors (Lipinski definition) is 0. The van der Waals surface area contributed by atoms with E-state index in [1.807, 2.05) is 0 Å². The molecule has 0 aliphatic heterocycles. The van der Waals surface area contributed by atoms with Crippen LogP contribution in [0, 0.1) is 0 Å². The summed E-state index contributed by atoms with van der Waals surface area (Å²) in [5.74, 6) is -0.456. The van der Waals surface area contributed by atoms with E-state index in [1.54, 1.807) is 24.0 Å². The molecule has 23 heavy (non-hydrogen) atoms. The molecule has 126 valence electrons. The van der Waals surface area contributed by atoms with E-state index >= 15 is 0 Å². The number of aryl methyl sites for hydroxylation is 1. The molecule has 0 saturated heterocycles. The Hall–Kier alpha value is -1.86. The van der Waals surface area contributed by atoms with E-state index in [4.69, 9.17) is 9.47 Å². The summed E-state index contributed by atoms with van der Waals surface area (Å²) in [5, 5.41) is 1.08. The second-order valence-electron chi connectivity index (χ2n) is 6.90. The van der Waals surface area contributed by atoms with Gasteiger partial charge in [-0.1, -0.05) is 19.6 Å². The van der Waals surface area contributed by atoms with Crippen LogP contribution in [0.25, 0.3) is 10.8 Å². The number of rotatable bonds is 6. The van der Waals surface area contributed by atoms with Gasteiger partial charge in [-0.15, -0.1) is 0 Å². The fourth-order valence-corrected chi connectivity index (χ4v) is 3.06. The van der Waals surface area contributed by atoms with Crippen LogP contribution in [0.5, 0.6) is 0 Å². The van der Waals surface area contributed by atoms with Crippen molar-refractivity contribution in [1.82, 2.24) is 9.13 Å². The average molecular weight is 336 g/mol. The first-order chi connectivity index (χ1) is 10.7. The molecule has 0 aliphatic carbocycles. The van der Waals surface area contributed by atoms with E-state index in [0.717, 1.165) is 6.04 Å². The van der Waals surface area contributed by atoms with Gasteiger partial charge in [-0.05, 0) is 6.04 Å². The summed E-state index contributed by atoms with van der Waals surface area (Å²) < 4.78 is 13.7. The molecular weight excluding hydrogens is 312 g/mol. The van der Waals surface area contributed by atoms with E-state index in [0.29, 0.717) is 29.7 Å². The maximum atomic E-state index is 12.2. The van der Waals surface area contributed by atoms with Crippen molar-refractivity contribution in [2.24, 2.45) is 7.05 Å². The Morgan fingerprint density at radius 2 is 1.83 bits per heavy atom. The summed E-state index contributed by atoms with van der Waals surface area (Å²) in [7, 11) is 1.83. The zero-order valence-corrected chi connectivity index (χ0v) is 15.4. The van der Waals surface area contributed by atoms with Crippen molar-refractivity contribution in [3.63, 3.8) is 0 Å². The largest absolute Gasteiger partial charge is 0.465 e. The number of carbonyl (C=O) groups excluding carboxylic acids is 1. The number of hydrogen-bond acceptors (Lipinski definition) is 4. The molecule has 2 aromatic rings. The number of pyridine rings is 1. The van der Waals surface area contributed by atoms with Crippen LogP contribution in [0.1, 0.15) is 10.4 Å². The van der Waals surface area contributed by atoms with Gasteiger partial charge in [0.05, 0.1) is 18.1 Å². The number of esters is 1. The zero-order chi connectivity index (χ0) is 17.2. The van der Waals surface area contributed by atoms with Gasteiger partial charge in [0.1, 0.15) is 6.73 Å².